The van der Waals surface area contributed by atoms with E-state index in [1.54, 1.807) is 0 Å². The van der Waals surface area contributed by atoms with Gasteiger partial charge in [-0.05, 0) is 13.3 Å². The second-order valence-corrected chi connectivity index (χ2v) is 20.7. The minimum Gasteiger partial charge on any atom is -0.392 e. The van der Waals surface area contributed by atoms with Crippen LogP contribution >= 0.6 is 11.1 Å². The molecule has 0 amide bonds. The number of unbranched alkanes of at least 4 members (excludes halogenated alkanes) is 1. The molecule has 2 unspecified atom stereocenters. The summed E-state index contributed by atoms with van der Waals surface area (Å²) in [6, 6.07) is 0. The van der Waals surface area contributed by atoms with Crippen molar-refractivity contribution in [2.45, 2.75) is 78.5 Å². The monoisotopic (exact) mass is 325 g/mol. The molecule has 0 aliphatic rings. The average molecular weight is 326 g/mol. The third-order valence-electron chi connectivity index (χ3n) is 2.96. The first-order chi connectivity index (χ1) is 8.00. The highest BCUT2D eigenvalue weighted by atomic mass is 35.6. The second-order valence-electron chi connectivity index (χ2n) is 7.09. The highest BCUT2D eigenvalue weighted by molar-refractivity contribution is 7.13. The Labute approximate surface area is 123 Å². The molecule has 0 bridgehead atoms. The molecular weight excluding hydrogens is 294 g/mol. The molecule has 2 nitrogen and oxygen atoms in total. The van der Waals surface area contributed by atoms with Crippen molar-refractivity contribution >= 4 is 36.1 Å². The molecule has 0 fully saturated rings. The van der Waals surface area contributed by atoms with Crippen molar-refractivity contribution in [2.75, 3.05) is 0 Å². The highest BCUT2D eigenvalue weighted by Gasteiger charge is 2.40. The fourth-order valence-corrected chi connectivity index (χ4v) is 22.2. The lowest BCUT2D eigenvalue weighted by Gasteiger charge is -2.45. The van der Waals surface area contributed by atoms with E-state index in [9.17, 15) is 0 Å². The molecule has 0 saturated heterocycles. The molecule has 110 valence electrons. The normalized spacial score (nSPS) is 17.0. The third-order valence-corrected chi connectivity index (χ3v) is 18.9. The summed E-state index contributed by atoms with van der Waals surface area (Å²) in [6.45, 7) is 18.7. The maximum absolute atomic E-state index is 6.70. The Morgan fingerprint density at radius 1 is 1.11 bits per heavy atom. The SMILES string of the molecule is CCCCC(C)O[SiH](Cl)N([Si](C)(C)C)[Si](C)(C)C. The van der Waals surface area contributed by atoms with Crippen LogP contribution in [-0.2, 0) is 4.43 Å². The summed E-state index contributed by atoms with van der Waals surface area (Å²) >= 11 is 6.70. The van der Waals surface area contributed by atoms with Crippen LogP contribution in [0, 0.1) is 0 Å². The zero-order chi connectivity index (χ0) is 14.6. The van der Waals surface area contributed by atoms with Crippen LogP contribution in [0.3, 0.4) is 0 Å². The van der Waals surface area contributed by atoms with E-state index < -0.39 is 25.0 Å². The van der Waals surface area contributed by atoms with Gasteiger partial charge < -0.3 is 8.32 Å². The lowest BCUT2D eigenvalue weighted by Crippen LogP contribution is -2.64. The number of hydrogen-bond acceptors (Lipinski definition) is 2. The van der Waals surface area contributed by atoms with Gasteiger partial charge in [-0.3, -0.25) is 0 Å². The van der Waals surface area contributed by atoms with E-state index in [0.29, 0.717) is 6.10 Å². The van der Waals surface area contributed by atoms with E-state index in [0.717, 1.165) is 6.42 Å². The maximum atomic E-state index is 6.70. The zero-order valence-electron chi connectivity index (χ0n) is 13.5. The van der Waals surface area contributed by atoms with Crippen LogP contribution in [0.15, 0.2) is 0 Å². The van der Waals surface area contributed by atoms with Crippen molar-refractivity contribution < 1.29 is 4.43 Å². The van der Waals surface area contributed by atoms with Crippen LogP contribution in [-0.4, -0.2) is 35.0 Å². The Morgan fingerprint density at radius 2 is 1.56 bits per heavy atom. The fourth-order valence-electron chi connectivity index (χ4n) is 2.43. The second kappa shape index (κ2) is 7.59. The number of rotatable bonds is 8. The van der Waals surface area contributed by atoms with Crippen LogP contribution in [0.4, 0.5) is 0 Å². The van der Waals surface area contributed by atoms with E-state index >= 15 is 0 Å². The Hall–Kier alpha value is 0.861. The zero-order valence-corrected chi connectivity index (χ0v) is 17.4. The first-order valence-corrected chi connectivity index (χ1v) is 16.7. The first-order valence-electron chi connectivity index (χ1n) is 7.09. The van der Waals surface area contributed by atoms with Gasteiger partial charge in [-0.25, -0.2) is 0 Å². The Balaban J connectivity index is 4.64. The third kappa shape index (κ3) is 6.86. The van der Waals surface area contributed by atoms with Crippen LogP contribution in [0.25, 0.3) is 0 Å². The summed E-state index contributed by atoms with van der Waals surface area (Å²) in [4.78, 5) is 0. The smallest absolute Gasteiger partial charge is 0.344 e. The molecule has 0 N–H and O–H groups in total. The van der Waals surface area contributed by atoms with E-state index in [-0.39, 0.29) is 0 Å². The molecule has 0 aromatic heterocycles. The van der Waals surface area contributed by atoms with Crippen molar-refractivity contribution in [1.29, 1.82) is 0 Å². The van der Waals surface area contributed by atoms with Gasteiger partial charge in [0.2, 0.25) is 0 Å². The van der Waals surface area contributed by atoms with Gasteiger partial charge in [0.1, 0.15) is 16.5 Å². The summed E-state index contributed by atoms with van der Waals surface area (Å²) in [6.07, 6.45) is 3.92. The van der Waals surface area contributed by atoms with E-state index in [1.807, 2.05) is 0 Å². The van der Waals surface area contributed by atoms with Gasteiger partial charge in [0.15, 0.2) is 0 Å². The molecule has 0 aliphatic heterocycles. The molecule has 0 rings (SSSR count). The summed E-state index contributed by atoms with van der Waals surface area (Å²) < 4.78 is 8.81. The van der Waals surface area contributed by atoms with Gasteiger partial charge in [-0.1, -0.05) is 59.0 Å². The summed E-state index contributed by atoms with van der Waals surface area (Å²) in [5.41, 5.74) is 0. The van der Waals surface area contributed by atoms with E-state index in [4.69, 9.17) is 15.5 Å². The predicted molar refractivity (Wildman–Crippen MR) is 91.6 cm³/mol. The molecule has 2 atom stereocenters. The van der Waals surface area contributed by atoms with Gasteiger partial charge in [-0.15, -0.1) is 11.1 Å². The molecule has 0 heterocycles. The lowest BCUT2D eigenvalue weighted by molar-refractivity contribution is 0.205. The van der Waals surface area contributed by atoms with Crippen LogP contribution in [0.1, 0.15) is 33.1 Å². The van der Waals surface area contributed by atoms with E-state index in [2.05, 4.69) is 57.0 Å². The minimum atomic E-state index is -1.74. The Morgan fingerprint density at radius 3 is 1.89 bits per heavy atom. The van der Waals surface area contributed by atoms with Crippen LogP contribution in [0.5, 0.6) is 0 Å². The fraction of sp³-hybridized carbons (Fsp3) is 1.00. The van der Waals surface area contributed by atoms with Crippen molar-refractivity contribution in [3.05, 3.63) is 0 Å². The van der Waals surface area contributed by atoms with Crippen LogP contribution in [0.2, 0.25) is 39.3 Å². The largest absolute Gasteiger partial charge is 0.392 e. The minimum absolute atomic E-state index is 0.314. The number of nitrogens with zero attached hydrogens (tertiary/aromatic N) is 1. The van der Waals surface area contributed by atoms with Crippen molar-refractivity contribution in [3.63, 3.8) is 0 Å². The number of halogens is 1. The predicted octanol–water partition coefficient (Wildman–Crippen LogP) is 4.51. The lowest BCUT2D eigenvalue weighted by atomic mass is 10.2. The maximum Gasteiger partial charge on any atom is 0.344 e. The molecule has 0 radical (unpaired) electrons. The van der Waals surface area contributed by atoms with Gasteiger partial charge >= 0.3 is 8.51 Å². The van der Waals surface area contributed by atoms with Gasteiger partial charge in [0.05, 0.1) is 0 Å². The topological polar surface area (TPSA) is 12.5 Å². The molecular formula is C12H32ClNOSi3. The van der Waals surface area contributed by atoms with Crippen LogP contribution < -0.4 is 0 Å². The van der Waals surface area contributed by atoms with Crippen molar-refractivity contribution in [2.24, 2.45) is 0 Å². The average Bonchev–Trinajstić information content (AvgIpc) is 2.09. The van der Waals surface area contributed by atoms with E-state index in [1.165, 1.54) is 12.8 Å². The molecule has 0 spiro atoms. The quantitative estimate of drug-likeness (QED) is 0.481. The summed E-state index contributed by atoms with van der Waals surface area (Å²) in [5.74, 6) is 0. The molecule has 0 saturated carbocycles. The van der Waals surface area contributed by atoms with Crippen molar-refractivity contribution in [3.8, 4) is 0 Å². The van der Waals surface area contributed by atoms with Gasteiger partial charge in [0.25, 0.3) is 0 Å². The number of hydrogen-bond donors (Lipinski definition) is 0. The molecule has 0 aliphatic carbocycles. The summed E-state index contributed by atoms with van der Waals surface area (Å²) in [7, 11) is -4.51. The Kier molecular flexibility index (Phi) is 7.96. The van der Waals surface area contributed by atoms with Crippen molar-refractivity contribution in [1.82, 2.24) is 3.90 Å². The summed E-state index contributed by atoms with van der Waals surface area (Å²) in [5, 5.41) is 0. The molecule has 6 heteroatoms. The highest BCUT2D eigenvalue weighted by Crippen LogP contribution is 2.24. The first kappa shape index (κ1) is 18.9. The molecule has 0 aromatic rings. The Bertz CT molecular complexity index is 226. The van der Waals surface area contributed by atoms with Gasteiger partial charge in [-0.2, -0.15) is 0 Å². The van der Waals surface area contributed by atoms with Gasteiger partial charge in [0, 0.05) is 6.10 Å². The molecule has 0 aromatic carbocycles. The standard InChI is InChI=1S/C12H32ClNOSi3/c1-9-10-11-12(2)15-16(13)14(17(3,4)5)18(6,7)8/h12,16H,9-11H2,1-8H3. The molecule has 18 heavy (non-hydrogen) atoms.